The summed E-state index contributed by atoms with van der Waals surface area (Å²) < 4.78 is 16.3. The fourth-order valence-corrected chi connectivity index (χ4v) is 2.75. The maximum atomic E-state index is 13.0. The van der Waals surface area contributed by atoms with Crippen molar-refractivity contribution in [2.75, 3.05) is 5.32 Å². The maximum absolute atomic E-state index is 13.0. The van der Waals surface area contributed by atoms with Gasteiger partial charge in [0.1, 0.15) is 18.0 Å². The smallest absolute Gasteiger partial charge is 0.260 e. The lowest BCUT2D eigenvalue weighted by Crippen LogP contribution is -2.15. The van der Waals surface area contributed by atoms with Crippen LogP contribution in [0.25, 0.3) is 16.9 Å². The monoisotopic (exact) mass is 351 g/mol. The van der Waals surface area contributed by atoms with Crippen molar-refractivity contribution >= 4 is 17.4 Å². The van der Waals surface area contributed by atoms with Crippen LogP contribution >= 0.6 is 0 Å². The Morgan fingerprint density at radius 1 is 1.23 bits per heavy atom. The number of rotatable bonds is 3. The summed E-state index contributed by atoms with van der Waals surface area (Å²) in [5, 5.41) is 11.1. The minimum atomic E-state index is -0.476. The van der Waals surface area contributed by atoms with Crippen LogP contribution in [-0.4, -0.2) is 35.3 Å². The number of carbonyl (C=O) groups is 1. The summed E-state index contributed by atoms with van der Waals surface area (Å²) in [6.07, 6.45) is 4.20. The molecule has 0 unspecified atom stereocenters. The van der Waals surface area contributed by atoms with Gasteiger partial charge in [-0.3, -0.25) is 9.48 Å². The quantitative estimate of drug-likeness (QED) is 0.611. The maximum Gasteiger partial charge on any atom is 0.260 e. The zero-order valence-corrected chi connectivity index (χ0v) is 14.0. The van der Waals surface area contributed by atoms with Crippen LogP contribution in [-0.2, 0) is 7.05 Å². The van der Waals surface area contributed by atoms with Crippen LogP contribution < -0.4 is 5.32 Å². The molecule has 0 bridgehead atoms. The van der Waals surface area contributed by atoms with Gasteiger partial charge in [0.2, 0.25) is 0 Å². The van der Waals surface area contributed by atoms with Crippen LogP contribution in [0.5, 0.6) is 0 Å². The van der Waals surface area contributed by atoms with E-state index in [1.54, 1.807) is 16.9 Å². The molecule has 4 aromatic rings. The Morgan fingerprint density at radius 2 is 2.08 bits per heavy atom. The SMILES string of the molecule is Cc1cc(-c2cc(C(=O)Nc3ccc(F)cn3)c3ncnn3c2)n(C)n1. The first-order chi connectivity index (χ1) is 12.5. The molecule has 1 N–H and O–H groups in total. The van der Waals surface area contributed by atoms with Crippen LogP contribution in [0, 0.1) is 12.7 Å². The molecule has 0 aliphatic heterocycles. The first-order valence-corrected chi connectivity index (χ1v) is 7.78. The lowest BCUT2D eigenvalue weighted by Gasteiger charge is -2.08. The van der Waals surface area contributed by atoms with Gasteiger partial charge < -0.3 is 5.32 Å². The number of hydrogen-bond donors (Lipinski definition) is 1. The molecule has 0 fully saturated rings. The summed E-state index contributed by atoms with van der Waals surface area (Å²) >= 11 is 0. The number of hydrogen-bond acceptors (Lipinski definition) is 5. The Hall–Kier alpha value is -3.62. The van der Waals surface area contributed by atoms with Gasteiger partial charge in [0, 0.05) is 18.8 Å². The molecule has 4 aromatic heterocycles. The van der Waals surface area contributed by atoms with Crippen molar-refractivity contribution in [2.24, 2.45) is 7.05 Å². The van der Waals surface area contributed by atoms with E-state index in [0.29, 0.717) is 11.2 Å². The number of pyridine rings is 2. The van der Waals surface area contributed by atoms with Crippen LogP contribution in [0.15, 0.2) is 43.0 Å². The molecule has 0 saturated carbocycles. The lowest BCUT2D eigenvalue weighted by atomic mass is 10.1. The number of nitrogens with one attached hydrogen (secondary N) is 1. The molecule has 0 aliphatic carbocycles. The molecule has 4 rings (SSSR count). The molecule has 1 amide bonds. The van der Waals surface area contributed by atoms with E-state index in [4.69, 9.17) is 0 Å². The molecule has 0 saturated heterocycles. The average Bonchev–Trinajstić information content (AvgIpc) is 3.21. The number of fused-ring (bicyclic) bond motifs is 1. The highest BCUT2D eigenvalue weighted by Gasteiger charge is 2.17. The molecule has 0 aromatic carbocycles. The predicted molar refractivity (Wildman–Crippen MR) is 92.1 cm³/mol. The fraction of sp³-hybridized carbons (Fsp3) is 0.118. The molecule has 0 radical (unpaired) electrons. The van der Waals surface area contributed by atoms with E-state index in [9.17, 15) is 9.18 Å². The van der Waals surface area contributed by atoms with E-state index in [-0.39, 0.29) is 5.82 Å². The topological polar surface area (TPSA) is 90.0 Å². The van der Waals surface area contributed by atoms with Crippen LogP contribution in [0.4, 0.5) is 10.2 Å². The molecular formula is C17H14FN7O. The highest BCUT2D eigenvalue weighted by atomic mass is 19.1. The zero-order valence-electron chi connectivity index (χ0n) is 14.0. The van der Waals surface area contributed by atoms with Crippen LogP contribution in [0.2, 0.25) is 0 Å². The van der Waals surface area contributed by atoms with Gasteiger partial charge in [0.25, 0.3) is 5.91 Å². The van der Waals surface area contributed by atoms with Crippen molar-refractivity contribution in [2.45, 2.75) is 6.92 Å². The lowest BCUT2D eigenvalue weighted by molar-refractivity contribution is 0.102. The van der Waals surface area contributed by atoms with E-state index in [1.165, 1.54) is 23.0 Å². The van der Waals surface area contributed by atoms with E-state index in [0.717, 1.165) is 23.1 Å². The summed E-state index contributed by atoms with van der Waals surface area (Å²) in [5.74, 6) is -0.643. The van der Waals surface area contributed by atoms with Crippen molar-refractivity contribution in [1.29, 1.82) is 0 Å². The summed E-state index contributed by atoms with van der Waals surface area (Å²) in [6.45, 7) is 1.89. The van der Waals surface area contributed by atoms with Gasteiger partial charge in [0.05, 0.1) is 23.1 Å². The third kappa shape index (κ3) is 2.79. The van der Waals surface area contributed by atoms with Gasteiger partial charge in [-0.1, -0.05) is 0 Å². The molecule has 9 heteroatoms. The van der Waals surface area contributed by atoms with E-state index in [2.05, 4.69) is 25.5 Å². The molecular weight excluding hydrogens is 337 g/mol. The standard InChI is InChI=1S/C17H14FN7O/c1-10-5-14(24(2)23-10)11-6-13(16-20-9-21-25(16)8-11)17(26)22-15-4-3-12(18)7-19-15/h3-9H,1-2H3,(H,19,22,26). The molecule has 130 valence electrons. The molecule has 0 spiro atoms. The van der Waals surface area contributed by atoms with E-state index >= 15 is 0 Å². The Balaban J connectivity index is 1.78. The van der Waals surface area contributed by atoms with Crippen molar-refractivity contribution in [1.82, 2.24) is 29.4 Å². The van der Waals surface area contributed by atoms with Gasteiger partial charge >= 0.3 is 0 Å². The predicted octanol–water partition coefficient (Wildman–Crippen LogP) is 2.22. The molecule has 0 aliphatic rings. The number of nitrogens with zero attached hydrogens (tertiary/aromatic N) is 6. The van der Waals surface area contributed by atoms with Gasteiger partial charge in [-0.2, -0.15) is 10.2 Å². The number of aromatic nitrogens is 6. The normalized spacial score (nSPS) is 11.0. The number of carbonyl (C=O) groups excluding carboxylic acids is 1. The Morgan fingerprint density at radius 3 is 2.77 bits per heavy atom. The highest BCUT2D eigenvalue weighted by molar-refractivity contribution is 6.08. The number of amides is 1. The Bertz CT molecular complexity index is 1110. The fourth-order valence-electron chi connectivity index (χ4n) is 2.75. The van der Waals surface area contributed by atoms with Gasteiger partial charge in [-0.15, -0.1) is 0 Å². The van der Waals surface area contributed by atoms with Crippen molar-refractivity contribution in [3.05, 3.63) is 60.1 Å². The summed E-state index contributed by atoms with van der Waals surface area (Å²) in [5.41, 5.74) is 3.21. The third-order valence-corrected chi connectivity index (χ3v) is 3.89. The van der Waals surface area contributed by atoms with Crippen LogP contribution in [0.1, 0.15) is 16.1 Å². The highest BCUT2D eigenvalue weighted by Crippen LogP contribution is 2.23. The van der Waals surface area contributed by atoms with Gasteiger partial charge in [-0.25, -0.2) is 18.9 Å². The van der Waals surface area contributed by atoms with Gasteiger partial charge in [-0.05, 0) is 31.2 Å². The molecule has 8 nitrogen and oxygen atoms in total. The van der Waals surface area contributed by atoms with Gasteiger partial charge in [0.15, 0.2) is 5.65 Å². The second kappa shape index (κ2) is 6.03. The van der Waals surface area contributed by atoms with Crippen molar-refractivity contribution in [3.63, 3.8) is 0 Å². The number of anilines is 1. The molecule has 4 heterocycles. The number of aryl methyl sites for hydroxylation is 2. The third-order valence-electron chi connectivity index (χ3n) is 3.89. The second-order valence-corrected chi connectivity index (χ2v) is 5.78. The minimum Gasteiger partial charge on any atom is -0.306 e. The van der Waals surface area contributed by atoms with Crippen molar-refractivity contribution in [3.8, 4) is 11.3 Å². The second-order valence-electron chi connectivity index (χ2n) is 5.78. The molecule has 26 heavy (non-hydrogen) atoms. The Labute approximate surface area is 147 Å². The summed E-state index contributed by atoms with van der Waals surface area (Å²) in [6, 6.07) is 6.26. The molecule has 0 atom stereocenters. The number of halogens is 1. The largest absolute Gasteiger partial charge is 0.306 e. The Kier molecular flexibility index (Phi) is 3.68. The summed E-state index contributed by atoms with van der Waals surface area (Å²) in [7, 11) is 1.83. The zero-order chi connectivity index (χ0) is 18.3. The van der Waals surface area contributed by atoms with Crippen molar-refractivity contribution < 1.29 is 9.18 Å². The van der Waals surface area contributed by atoms with Crippen LogP contribution in [0.3, 0.4) is 0 Å². The van der Waals surface area contributed by atoms with E-state index < -0.39 is 11.7 Å². The van der Waals surface area contributed by atoms with E-state index in [1.807, 2.05) is 20.0 Å². The first-order valence-electron chi connectivity index (χ1n) is 7.78. The first kappa shape index (κ1) is 15.9. The minimum absolute atomic E-state index is 0.246. The summed E-state index contributed by atoms with van der Waals surface area (Å²) in [4.78, 5) is 20.7. The average molecular weight is 351 g/mol.